The normalized spacial score (nSPS) is 10.4. The summed E-state index contributed by atoms with van der Waals surface area (Å²) in [6.45, 7) is 2.73. The molecule has 0 amide bonds. The average Bonchev–Trinajstić information content (AvgIpc) is 2.39. The number of halogens is 1. The maximum atomic E-state index is 5.83. The van der Waals surface area contributed by atoms with Gasteiger partial charge in [0, 0.05) is 24.8 Å². The Bertz CT molecular complexity index is 528. The minimum atomic E-state index is 0.506. The molecule has 0 aliphatic carbocycles. The van der Waals surface area contributed by atoms with Gasteiger partial charge in [0.25, 0.3) is 0 Å². The lowest BCUT2D eigenvalue weighted by molar-refractivity contribution is 0.858. The Labute approximate surface area is 112 Å². The summed E-state index contributed by atoms with van der Waals surface area (Å²) < 4.78 is 0. The molecular weight excluding hydrogens is 246 g/mol. The molecule has 0 N–H and O–H groups in total. The van der Waals surface area contributed by atoms with Crippen molar-refractivity contribution < 1.29 is 0 Å². The summed E-state index contributed by atoms with van der Waals surface area (Å²) in [6.07, 6.45) is 1.78. The summed E-state index contributed by atoms with van der Waals surface area (Å²) in [6, 6.07) is 9.97. The van der Waals surface area contributed by atoms with Gasteiger partial charge in [-0.1, -0.05) is 6.07 Å². The fourth-order valence-electron chi connectivity index (χ4n) is 1.76. The van der Waals surface area contributed by atoms with E-state index in [2.05, 4.69) is 14.9 Å². The van der Waals surface area contributed by atoms with E-state index in [0.717, 1.165) is 29.3 Å². The smallest absolute Gasteiger partial charge is 0.128 e. The Kier molecular flexibility index (Phi) is 4.15. The minimum Gasteiger partial charge on any atom is -0.354 e. The van der Waals surface area contributed by atoms with Gasteiger partial charge in [0.15, 0.2) is 0 Å². The summed E-state index contributed by atoms with van der Waals surface area (Å²) in [5, 5.41) is 0. The van der Waals surface area contributed by atoms with Gasteiger partial charge < -0.3 is 4.90 Å². The molecule has 2 heterocycles. The maximum absolute atomic E-state index is 5.83. The highest BCUT2D eigenvalue weighted by Gasteiger charge is 2.05. The third-order valence-corrected chi connectivity index (χ3v) is 3.01. The number of anilines is 1. The van der Waals surface area contributed by atoms with Crippen molar-refractivity contribution in [3.63, 3.8) is 0 Å². The summed E-state index contributed by atoms with van der Waals surface area (Å²) >= 11 is 5.83. The Morgan fingerprint density at radius 3 is 2.83 bits per heavy atom. The minimum absolute atomic E-state index is 0.506. The van der Waals surface area contributed by atoms with Gasteiger partial charge in [0.1, 0.15) is 5.82 Å². The molecule has 0 bridgehead atoms. The van der Waals surface area contributed by atoms with Crippen molar-refractivity contribution in [3.8, 4) is 0 Å². The number of hydrogen-bond acceptors (Lipinski definition) is 3. The largest absolute Gasteiger partial charge is 0.354 e. The topological polar surface area (TPSA) is 29.0 Å². The van der Waals surface area contributed by atoms with E-state index in [9.17, 15) is 0 Å². The number of alkyl halides is 1. The first-order valence-corrected chi connectivity index (χ1v) is 6.37. The van der Waals surface area contributed by atoms with E-state index >= 15 is 0 Å². The Morgan fingerprint density at radius 2 is 2.11 bits per heavy atom. The molecular formula is C14H16ClN3. The molecule has 0 saturated heterocycles. The first kappa shape index (κ1) is 12.8. The Balaban J connectivity index is 2.13. The number of pyridine rings is 2. The van der Waals surface area contributed by atoms with E-state index in [1.165, 1.54) is 0 Å². The van der Waals surface area contributed by atoms with Crippen molar-refractivity contribution >= 4 is 17.4 Å². The monoisotopic (exact) mass is 261 g/mol. The molecule has 0 saturated carbocycles. The lowest BCUT2D eigenvalue weighted by atomic mass is 10.2. The van der Waals surface area contributed by atoms with Crippen molar-refractivity contribution in [1.29, 1.82) is 0 Å². The fraction of sp³-hybridized carbons (Fsp3) is 0.286. The molecule has 0 atom stereocenters. The highest BCUT2D eigenvalue weighted by Crippen LogP contribution is 2.14. The zero-order chi connectivity index (χ0) is 13.0. The van der Waals surface area contributed by atoms with Crippen LogP contribution in [0, 0.1) is 6.92 Å². The molecule has 0 aromatic carbocycles. The predicted octanol–water partition coefficient (Wildman–Crippen LogP) is 3.16. The summed E-state index contributed by atoms with van der Waals surface area (Å²) in [4.78, 5) is 10.9. The number of nitrogens with zero attached hydrogens (tertiary/aromatic N) is 3. The van der Waals surface area contributed by atoms with Gasteiger partial charge in [-0.15, -0.1) is 11.6 Å². The van der Waals surface area contributed by atoms with E-state index in [0.29, 0.717) is 5.88 Å². The quantitative estimate of drug-likeness (QED) is 0.792. The van der Waals surface area contributed by atoms with Crippen LogP contribution >= 0.6 is 11.6 Å². The number of rotatable bonds is 4. The van der Waals surface area contributed by atoms with Crippen molar-refractivity contribution in [1.82, 2.24) is 9.97 Å². The molecule has 2 aromatic heterocycles. The van der Waals surface area contributed by atoms with Crippen LogP contribution in [0.2, 0.25) is 0 Å². The number of aryl methyl sites for hydroxylation is 1. The van der Waals surface area contributed by atoms with Crippen LogP contribution in [0.25, 0.3) is 0 Å². The predicted molar refractivity (Wildman–Crippen MR) is 74.9 cm³/mol. The van der Waals surface area contributed by atoms with E-state index in [4.69, 9.17) is 11.6 Å². The molecule has 2 rings (SSSR count). The number of hydrogen-bond donors (Lipinski definition) is 0. The first-order chi connectivity index (χ1) is 8.69. The lowest BCUT2D eigenvalue weighted by Crippen LogP contribution is -2.18. The molecule has 18 heavy (non-hydrogen) atoms. The summed E-state index contributed by atoms with van der Waals surface area (Å²) in [5.41, 5.74) is 3.14. The van der Waals surface area contributed by atoms with Gasteiger partial charge in [-0.05, 0) is 36.8 Å². The van der Waals surface area contributed by atoms with Crippen molar-refractivity contribution in [3.05, 3.63) is 53.5 Å². The fourth-order valence-corrected chi connectivity index (χ4v) is 1.93. The van der Waals surface area contributed by atoms with Crippen LogP contribution in [0.3, 0.4) is 0 Å². The summed E-state index contributed by atoms with van der Waals surface area (Å²) in [7, 11) is 2.00. The molecule has 0 spiro atoms. The maximum Gasteiger partial charge on any atom is 0.128 e. The van der Waals surface area contributed by atoms with E-state index in [1.54, 1.807) is 6.20 Å². The lowest BCUT2D eigenvalue weighted by Gasteiger charge is -2.18. The standard InChI is InChI=1S/C14H16ClN3/c1-11-4-3-5-13(17-11)10-18(2)14-8-12(9-15)6-7-16-14/h3-8H,9-10H2,1-2H3. The SMILES string of the molecule is Cc1cccc(CN(C)c2cc(CCl)ccn2)n1. The third kappa shape index (κ3) is 3.20. The zero-order valence-corrected chi connectivity index (χ0v) is 11.4. The van der Waals surface area contributed by atoms with Crippen LogP contribution in [0.5, 0.6) is 0 Å². The van der Waals surface area contributed by atoms with E-state index in [1.807, 2.05) is 44.3 Å². The van der Waals surface area contributed by atoms with Gasteiger partial charge in [0.2, 0.25) is 0 Å². The molecule has 0 aliphatic rings. The van der Waals surface area contributed by atoms with Gasteiger partial charge in [-0.25, -0.2) is 4.98 Å². The average molecular weight is 262 g/mol. The highest BCUT2D eigenvalue weighted by atomic mass is 35.5. The van der Waals surface area contributed by atoms with Gasteiger partial charge in [0.05, 0.1) is 12.2 Å². The molecule has 4 heteroatoms. The van der Waals surface area contributed by atoms with E-state index in [-0.39, 0.29) is 0 Å². The number of aromatic nitrogens is 2. The first-order valence-electron chi connectivity index (χ1n) is 5.83. The second-order valence-electron chi connectivity index (χ2n) is 4.28. The molecule has 0 radical (unpaired) electrons. The van der Waals surface area contributed by atoms with Crippen LogP contribution in [0.1, 0.15) is 17.0 Å². The Morgan fingerprint density at radius 1 is 1.28 bits per heavy atom. The molecule has 0 aliphatic heterocycles. The summed E-state index contributed by atoms with van der Waals surface area (Å²) in [5.74, 6) is 1.42. The molecule has 0 unspecified atom stereocenters. The van der Waals surface area contributed by atoms with Crippen LogP contribution < -0.4 is 4.90 Å². The highest BCUT2D eigenvalue weighted by molar-refractivity contribution is 6.17. The van der Waals surface area contributed by atoms with Crippen LogP contribution in [0.15, 0.2) is 36.5 Å². The third-order valence-electron chi connectivity index (χ3n) is 2.70. The van der Waals surface area contributed by atoms with Crippen LogP contribution in [-0.4, -0.2) is 17.0 Å². The van der Waals surface area contributed by atoms with Crippen LogP contribution in [-0.2, 0) is 12.4 Å². The molecule has 2 aromatic rings. The van der Waals surface area contributed by atoms with Crippen molar-refractivity contribution in [2.75, 3.05) is 11.9 Å². The molecule has 94 valence electrons. The zero-order valence-electron chi connectivity index (χ0n) is 10.6. The van der Waals surface area contributed by atoms with Crippen LogP contribution in [0.4, 0.5) is 5.82 Å². The second-order valence-corrected chi connectivity index (χ2v) is 4.55. The Hall–Kier alpha value is -1.61. The van der Waals surface area contributed by atoms with Gasteiger partial charge >= 0.3 is 0 Å². The molecule has 3 nitrogen and oxygen atoms in total. The second kappa shape index (κ2) is 5.83. The van der Waals surface area contributed by atoms with Crippen molar-refractivity contribution in [2.45, 2.75) is 19.3 Å². The van der Waals surface area contributed by atoms with Gasteiger partial charge in [-0.3, -0.25) is 4.98 Å². The molecule has 0 fully saturated rings. The van der Waals surface area contributed by atoms with Gasteiger partial charge in [-0.2, -0.15) is 0 Å². The van der Waals surface area contributed by atoms with E-state index < -0.39 is 0 Å². The van der Waals surface area contributed by atoms with Crippen molar-refractivity contribution in [2.24, 2.45) is 0 Å².